The van der Waals surface area contributed by atoms with Crippen molar-refractivity contribution >= 4 is 6.08 Å². The van der Waals surface area contributed by atoms with E-state index in [9.17, 15) is 5.11 Å². The van der Waals surface area contributed by atoms with E-state index in [0.717, 1.165) is 5.56 Å². The first-order valence-corrected chi connectivity index (χ1v) is 5.02. The monoisotopic (exact) mass is 207 g/mol. The molecule has 15 heavy (non-hydrogen) atoms. The van der Waals surface area contributed by atoms with Gasteiger partial charge in [0.15, 0.2) is 0 Å². The van der Waals surface area contributed by atoms with Crippen LogP contribution < -0.4 is 5.73 Å². The van der Waals surface area contributed by atoms with Gasteiger partial charge in [0.05, 0.1) is 6.10 Å². The Morgan fingerprint density at radius 3 is 2.53 bits per heavy atom. The van der Waals surface area contributed by atoms with E-state index in [-0.39, 0.29) is 6.61 Å². The van der Waals surface area contributed by atoms with Gasteiger partial charge < -0.3 is 15.9 Å². The average molecular weight is 207 g/mol. The number of benzene rings is 1. The van der Waals surface area contributed by atoms with Crippen LogP contribution in [0.1, 0.15) is 12.0 Å². The van der Waals surface area contributed by atoms with Crippen LogP contribution in [-0.2, 0) is 0 Å². The molecule has 0 bridgehead atoms. The predicted octanol–water partition coefficient (Wildman–Crippen LogP) is 0.770. The fraction of sp³-hybridized carbons (Fsp3) is 0.333. The van der Waals surface area contributed by atoms with Crippen molar-refractivity contribution < 1.29 is 10.2 Å². The highest BCUT2D eigenvalue weighted by Gasteiger charge is 2.09. The van der Waals surface area contributed by atoms with Crippen molar-refractivity contribution in [3.8, 4) is 0 Å². The summed E-state index contributed by atoms with van der Waals surface area (Å²) in [7, 11) is 0. The maximum absolute atomic E-state index is 9.59. The fourth-order valence-corrected chi connectivity index (χ4v) is 1.24. The fourth-order valence-electron chi connectivity index (χ4n) is 1.24. The van der Waals surface area contributed by atoms with E-state index in [1.54, 1.807) is 6.08 Å². The Morgan fingerprint density at radius 1 is 1.27 bits per heavy atom. The zero-order valence-corrected chi connectivity index (χ0v) is 8.58. The second-order valence-electron chi connectivity index (χ2n) is 3.44. The molecule has 0 spiro atoms. The van der Waals surface area contributed by atoms with Gasteiger partial charge in [0.2, 0.25) is 0 Å². The van der Waals surface area contributed by atoms with Gasteiger partial charge in [-0.05, 0) is 12.0 Å². The highest BCUT2D eigenvalue weighted by Crippen LogP contribution is 2.04. The second-order valence-corrected chi connectivity index (χ2v) is 3.44. The summed E-state index contributed by atoms with van der Waals surface area (Å²) in [6, 6.07) is 9.28. The number of aliphatic hydroxyl groups is 2. The number of hydrogen-bond acceptors (Lipinski definition) is 3. The average Bonchev–Trinajstić information content (AvgIpc) is 2.27. The molecule has 0 saturated carbocycles. The Kier molecular flexibility index (Phi) is 5.04. The molecule has 0 aliphatic heterocycles. The van der Waals surface area contributed by atoms with E-state index in [0.29, 0.717) is 6.42 Å². The van der Waals surface area contributed by atoms with Gasteiger partial charge in [0, 0.05) is 12.6 Å². The molecule has 0 aliphatic carbocycles. The Balaban J connectivity index is 2.50. The molecular weight excluding hydrogens is 190 g/mol. The largest absolute Gasteiger partial charge is 0.396 e. The molecule has 0 heterocycles. The summed E-state index contributed by atoms with van der Waals surface area (Å²) >= 11 is 0. The van der Waals surface area contributed by atoms with Crippen molar-refractivity contribution in [3.05, 3.63) is 42.0 Å². The first kappa shape index (κ1) is 11.9. The van der Waals surface area contributed by atoms with E-state index < -0.39 is 12.1 Å². The molecule has 0 amide bonds. The summed E-state index contributed by atoms with van der Waals surface area (Å²) in [5.41, 5.74) is 6.65. The van der Waals surface area contributed by atoms with Gasteiger partial charge in [-0.15, -0.1) is 0 Å². The molecule has 0 aromatic heterocycles. The van der Waals surface area contributed by atoms with Gasteiger partial charge in [-0.25, -0.2) is 0 Å². The van der Waals surface area contributed by atoms with Crippen LogP contribution in [0.25, 0.3) is 6.08 Å². The third kappa shape index (κ3) is 4.25. The van der Waals surface area contributed by atoms with Crippen LogP contribution in [0.4, 0.5) is 0 Å². The molecule has 3 heteroatoms. The number of hydrogen-bond donors (Lipinski definition) is 3. The molecular formula is C12H17NO2. The summed E-state index contributed by atoms with van der Waals surface area (Å²) in [4.78, 5) is 0. The second kappa shape index (κ2) is 6.35. The van der Waals surface area contributed by atoms with Gasteiger partial charge in [0.1, 0.15) is 0 Å². The molecule has 1 rings (SSSR count). The van der Waals surface area contributed by atoms with Gasteiger partial charge in [-0.1, -0.05) is 42.5 Å². The number of rotatable bonds is 5. The van der Waals surface area contributed by atoms with Crippen LogP contribution in [0.15, 0.2) is 36.4 Å². The van der Waals surface area contributed by atoms with Crippen LogP contribution in [0.2, 0.25) is 0 Å². The van der Waals surface area contributed by atoms with E-state index in [4.69, 9.17) is 10.8 Å². The highest BCUT2D eigenvalue weighted by molar-refractivity contribution is 5.49. The molecule has 1 aromatic carbocycles. The third-order valence-corrected chi connectivity index (χ3v) is 2.19. The number of aliphatic hydroxyl groups excluding tert-OH is 2. The summed E-state index contributed by atoms with van der Waals surface area (Å²) in [5, 5.41) is 18.2. The van der Waals surface area contributed by atoms with Gasteiger partial charge in [0.25, 0.3) is 0 Å². The molecule has 0 fully saturated rings. The normalized spacial score (nSPS) is 15.4. The summed E-state index contributed by atoms with van der Waals surface area (Å²) < 4.78 is 0. The van der Waals surface area contributed by atoms with Crippen LogP contribution in [0.3, 0.4) is 0 Å². The summed E-state index contributed by atoms with van der Waals surface area (Å²) in [5.74, 6) is 0. The van der Waals surface area contributed by atoms with Crippen LogP contribution in [-0.4, -0.2) is 29.0 Å². The molecule has 0 saturated heterocycles. The highest BCUT2D eigenvalue weighted by atomic mass is 16.3. The van der Waals surface area contributed by atoms with Gasteiger partial charge >= 0.3 is 0 Å². The van der Waals surface area contributed by atoms with Gasteiger partial charge in [-0.2, -0.15) is 0 Å². The molecule has 0 radical (unpaired) electrons. The Morgan fingerprint density at radius 2 is 1.93 bits per heavy atom. The van der Waals surface area contributed by atoms with Crippen molar-refractivity contribution in [1.29, 1.82) is 0 Å². The minimum absolute atomic E-state index is 0.00258. The van der Waals surface area contributed by atoms with Crippen molar-refractivity contribution in [3.63, 3.8) is 0 Å². The molecule has 0 unspecified atom stereocenters. The quantitative estimate of drug-likeness (QED) is 0.668. The first-order chi connectivity index (χ1) is 7.24. The maximum atomic E-state index is 9.59. The lowest BCUT2D eigenvalue weighted by molar-refractivity contribution is 0.168. The predicted molar refractivity (Wildman–Crippen MR) is 61.2 cm³/mol. The minimum Gasteiger partial charge on any atom is -0.396 e. The van der Waals surface area contributed by atoms with E-state index >= 15 is 0 Å². The summed E-state index contributed by atoms with van der Waals surface area (Å²) in [6.07, 6.45) is 3.16. The van der Waals surface area contributed by atoms with Crippen molar-refractivity contribution in [1.82, 2.24) is 0 Å². The Labute approximate surface area is 89.9 Å². The van der Waals surface area contributed by atoms with E-state index in [1.165, 1.54) is 0 Å². The lowest BCUT2D eigenvalue weighted by Gasteiger charge is -2.13. The van der Waals surface area contributed by atoms with Crippen LogP contribution in [0, 0.1) is 0 Å². The molecule has 0 aliphatic rings. The lowest BCUT2D eigenvalue weighted by atomic mass is 10.1. The topological polar surface area (TPSA) is 66.5 Å². The van der Waals surface area contributed by atoms with Gasteiger partial charge in [-0.3, -0.25) is 0 Å². The zero-order chi connectivity index (χ0) is 11.1. The Hall–Kier alpha value is -1.16. The lowest BCUT2D eigenvalue weighted by Crippen LogP contribution is -2.33. The number of nitrogens with two attached hydrogens (primary N) is 1. The zero-order valence-electron chi connectivity index (χ0n) is 8.58. The minimum atomic E-state index is -0.711. The molecule has 82 valence electrons. The standard InChI is InChI=1S/C12H17NO2/c13-11(8-9-14)12(15)7-6-10-4-2-1-3-5-10/h1-7,11-12,14-15H,8-9,13H2/b7-6+/t11-,12+/m0/s1. The van der Waals surface area contributed by atoms with Crippen molar-refractivity contribution in [2.75, 3.05) is 6.61 Å². The molecule has 4 N–H and O–H groups in total. The Bertz CT molecular complexity index is 298. The molecule has 1 aromatic rings. The first-order valence-electron chi connectivity index (χ1n) is 5.02. The van der Waals surface area contributed by atoms with Crippen LogP contribution in [0.5, 0.6) is 0 Å². The van der Waals surface area contributed by atoms with Crippen molar-refractivity contribution in [2.24, 2.45) is 5.73 Å². The smallest absolute Gasteiger partial charge is 0.0875 e. The summed E-state index contributed by atoms with van der Waals surface area (Å²) in [6.45, 7) is -0.00258. The maximum Gasteiger partial charge on any atom is 0.0875 e. The van der Waals surface area contributed by atoms with Crippen LogP contribution >= 0.6 is 0 Å². The van der Waals surface area contributed by atoms with E-state index in [2.05, 4.69) is 0 Å². The SMILES string of the molecule is N[C@@H](CCO)[C@H](O)/C=C/c1ccccc1. The van der Waals surface area contributed by atoms with E-state index in [1.807, 2.05) is 36.4 Å². The third-order valence-electron chi connectivity index (χ3n) is 2.19. The van der Waals surface area contributed by atoms with Crippen molar-refractivity contribution in [2.45, 2.75) is 18.6 Å². The molecule has 2 atom stereocenters. The molecule has 3 nitrogen and oxygen atoms in total.